The van der Waals surface area contributed by atoms with E-state index in [1.165, 1.54) is 0 Å². The van der Waals surface area contributed by atoms with Gasteiger partial charge in [0.1, 0.15) is 23.7 Å². The molecule has 42 heavy (non-hydrogen) atoms. The van der Waals surface area contributed by atoms with E-state index in [4.69, 9.17) is 30.2 Å². The van der Waals surface area contributed by atoms with Crippen molar-refractivity contribution in [3.05, 3.63) is 93.7 Å². The summed E-state index contributed by atoms with van der Waals surface area (Å²) in [6.07, 6.45) is 2.11. The Bertz CT molecular complexity index is 1580. The van der Waals surface area contributed by atoms with Crippen LogP contribution in [0.3, 0.4) is 0 Å². The fourth-order valence-electron chi connectivity index (χ4n) is 5.29. The molecule has 1 heterocycles. The molecule has 1 atom stereocenters. The van der Waals surface area contributed by atoms with Gasteiger partial charge in [-0.2, -0.15) is 0 Å². The molecule has 1 aromatic heterocycles. The predicted molar refractivity (Wildman–Crippen MR) is 162 cm³/mol. The van der Waals surface area contributed by atoms with Crippen LogP contribution >= 0.6 is 11.6 Å². The van der Waals surface area contributed by atoms with Crippen LogP contribution in [0.2, 0.25) is 5.02 Å². The van der Waals surface area contributed by atoms with Crippen molar-refractivity contribution < 1.29 is 28.2 Å². The molecular weight excluding hydrogens is 556 g/mol. The van der Waals surface area contributed by atoms with E-state index in [-0.39, 0.29) is 30.2 Å². The Morgan fingerprint density at radius 2 is 1.83 bits per heavy atom. The molecule has 9 heteroatoms. The SMILES string of the molecule is CCCNC(=O)c1ccc2c(c1)CC(N(Cc1cc(Cl)ccc1OCCOC)C(=O)c1cc3cc(OC)ccc3o1)C2. The summed E-state index contributed by atoms with van der Waals surface area (Å²) in [6, 6.07) is 18.2. The van der Waals surface area contributed by atoms with Crippen LogP contribution in [0, 0.1) is 0 Å². The third-order valence-corrected chi connectivity index (χ3v) is 7.69. The quantitative estimate of drug-likeness (QED) is 0.201. The van der Waals surface area contributed by atoms with Crippen molar-refractivity contribution >= 4 is 34.4 Å². The van der Waals surface area contributed by atoms with Crippen molar-refractivity contribution in [3.8, 4) is 11.5 Å². The highest BCUT2D eigenvalue weighted by Gasteiger charge is 2.33. The molecule has 8 nitrogen and oxygen atoms in total. The molecule has 4 aromatic rings. The zero-order valence-corrected chi connectivity index (χ0v) is 24.8. The lowest BCUT2D eigenvalue weighted by Gasteiger charge is -2.29. The van der Waals surface area contributed by atoms with Gasteiger partial charge in [0.25, 0.3) is 11.8 Å². The van der Waals surface area contributed by atoms with Crippen LogP contribution in [0.1, 0.15) is 50.9 Å². The molecule has 1 unspecified atom stereocenters. The van der Waals surface area contributed by atoms with Gasteiger partial charge < -0.3 is 28.8 Å². The van der Waals surface area contributed by atoms with Crippen molar-refractivity contribution in [1.29, 1.82) is 0 Å². The second-order valence-electron chi connectivity index (χ2n) is 10.3. The van der Waals surface area contributed by atoms with E-state index in [0.29, 0.717) is 60.3 Å². The minimum Gasteiger partial charge on any atom is -0.497 e. The second kappa shape index (κ2) is 13.3. The van der Waals surface area contributed by atoms with Crippen molar-refractivity contribution in [2.24, 2.45) is 0 Å². The van der Waals surface area contributed by atoms with Gasteiger partial charge in [0.2, 0.25) is 0 Å². The highest BCUT2D eigenvalue weighted by molar-refractivity contribution is 6.30. The number of methoxy groups -OCH3 is 2. The van der Waals surface area contributed by atoms with E-state index >= 15 is 0 Å². The summed E-state index contributed by atoms with van der Waals surface area (Å²) in [4.78, 5) is 28.7. The fraction of sp³-hybridized carbons (Fsp3) is 0.333. The Balaban J connectivity index is 1.47. The largest absolute Gasteiger partial charge is 0.497 e. The lowest BCUT2D eigenvalue weighted by Crippen LogP contribution is -2.40. The number of benzene rings is 3. The molecule has 0 aliphatic heterocycles. The van der Waals surface area contributed by atoms with Gasteiger partial charge >= 0.3 is 0 Å². The molecule has 220 valence electrons. The summed E-state index contributed by atoms with van der Waals surface area (Å²) in [5.74, 6) is 1.21. The summed E-state index contributed by atoms with van der Waals surface area (Å²) in [5.41, 5.74) is 4.17. The van der Waals surface area contributed by atoms with E-state index in [1.807, 2.05) is 48.2 Å². The molecule has 1 N–H and O–H groups in total. The van der Waals surface area contributed by atoms with Gasteiger partial charge in [0.15, 0.2) is 5.76 Å². The molecule has 0 bridgehead atoms. The Morgan fingerprint density at radius 3 is 2.62 bits per heavy atom. The summed E-state index contributed by atoms with van der Waals surface area (Å²) in [5, 5.41) is 4.26. The van der Waals surface area contributed by atoms with Crippen LogP contribution in [-0.4, -0.2) is 56.7 Å². The maximum atomic E-state index is 14.2. The lowest BCUT2D eigenvalue weighted by molar-refractivity contribution is 0.0634. The van der Waals surface area contributed by atoms with Gasteiger partial charge in [0, 0.05) is 41.2 Å². The maximum absolute atomic E-state index is 14.2. The molecule has 3 aromatic carbocycles. The third-order valence-electron chi connectivity index (χ3n) is 7.46. The molecule has 1 aliphatic carbocycles. The molecule has 2 amide bonds. The lowest BCUT2D eigenvalue weighted by atomic mass is 10.1. The smallest absolute Gasteiger partial charge is 0.290 e. The molecule has 1 aliphatic rings. The first-order chi connectivity index (χ1) is 20.4. The topological polar surface area (TPSA) is 90.2 Å². The van der Waals surface area contributed by atoms with E-state index in [1.54, 1.807) is 38.5 Å². The number of carbonyl (C=O) groups excluding carboxylic acids is 2. The van der Waals surface area contributed by atoms with Crippen LogP contribution in [0.15, 0.2) is 65.1 Å². The number of nitrogens with one attached hydrogen (secondary N) is 1. The first kappa shape index (κ1) is 29.5. The maximum Gasteiger partial charge on any atom is 0.290 e. The number of fused-ring (bicyclic) bond motifs is 2. The van der Waals surface area contributed by atoms with Gasteiger partial charge in [-0.3, -0.25) is 9.59 Å². The normalized spacial score (nSPS) is 14.0. The summed E-state index contributed by atoms with van der Waals surface area (Å²) >= 11 is 6.40. The molecule has 0 radical (unpaired) electrons. The fourth-order valence-corrected chi connectivity index (χ4v) is 5.48. The van der Waals surface area contributed by atoms with Gasteiger partial charge in [-0.05, 0) is 85.0 Å². The minimum absolute atomic E-state index is 0.0921. The zero-order valence-electron chi connectivity index (χ0n) is 24.1. The average molecular weight is 591 g/mol. The summed E-state index contributed by atoms with van der Waals surface area (Å²) < 4.78 is 22.5. The highest BCUT2D eigenvalue weighted by Crippen LogP contribution is 2.33. The van der Waals surface area contributed by atoms with Crippen LogP contribution in [0.25, 0.3) is 11.0 Å². The number of furan rings is 1. The van der Waals surface area contributed by atoms with E-state index in [2.05, 4.69) is 5.32 Å². The monoisotopic (exact) mass is 590 g/mol. The number of hydrogen-bond acceptors (Lipinski definition) is 6. The van der Waals surface area contributed by atoms with Crippen molar-refractivity contribution in [1.82, 2.24) is 10.2 Å². The van der Waals surface area contributed by atoms with Gasteiger partial charge in [-0.1, -0.05) is 24.6 Å². The first-order valence-electron chi connectivity index (χ1n) is 14.1. The van der Waals surface area contributed by atoms with E-state index in [9.17, 15) is 9.59 Å². The molecule has 0 saturated heterocycles. The number of rotatable bonds is 12. The third kappa shape index (κ3) is 6.55. The van der Waals surface area contributed by atoms with Gasteiger partial charge in [-0.15, -0.1) is 0 Å². The van der Waals surface area contributed by atoms with Crippen LogP contribution < -0.4 is 14.8 Å². The van der Waals surface area contributed by atoms with Crippen molar-refractivity contribution in [2.45, 2.75) is 38.8 Å². The molecule has 0 fully saturated rings. The van der Waals surface area contributed by atoms with Gasteiger partial charge in [-0.25, -0.2) is 0 Å². The summed E-state index contributed by atoms with van der Waals surface area (Å²) in [7, 11) is 3.22. The highest BCUT2D eigenvalue weighted by atomic mass is 35.5. The van der Waals surface area contributed by atoms with Crippen LogP contribution in [0.5, 0.6) is 11.5 Å². The van der Waals surface area contributed by atoms with Crippen molar-refractivity contribution in [2.75, 3.05) is 34.0 Å². The number of carbonyl (C=O) groups is 2. The summed E-state index contributed by atoms with van der Waals surface area (Å²) in [6.45, 7) is 3.69. The molecule has 5 rings (SSSR count). The Hall–Kier alpha value is -4.01. The predicted octanol–water partition coefficient (Wildman–Crippen LogP) is 6.07. The molecular formula is C33H35ClN2O6. The first-order valence-corrected chi connectivity index (χ1v) is 14.5. The Kier molecular flexibility index (Phi) is 9.35. The van der Waals surface area contributed by atoms with Gasteiger partial charge in [0.05, 0.1) is 20.3 Å². The van der Waals surface area contributed by atoms with E-state index < -0.39 is 0 Å². The molecule has 0 spiro atoms. The number of ether oxygens (including phenoxy) is 3. The Morgan fingerprint density at radius 1 is 1.00 bits per heavy atom. The van der Waals surface area contributed by atoms with Crippen LogP contribution in [0.4, 0.5) is 0 Å². The number of halogens is 1. The van der Waals surface area contributed by atoms with Crippen molar-refractivity contribution in [3.63, 3.8) is 0 Å². The standard InChI is InChI=1S/C33H35ClN2O6/c1-4-11-35-32(37)22-6-5-21-16-27(17-23(21)14-22)36(20-25-15-26(34)7-9-29(25)41-13-12-39-2)33(38)31-19-24-18-28(40-3)8-10-30(24)42-31/h5-10,14-15,18-19,27H,4,11-13,16-17,20H2,1-3H3,(H,35,37). The number of nitrogens with zero attached hydrogens (tertiary/aromatic N) is 1. The van der Waals surface area contributed by atoms with E-state index in [0.717, 1.165) is 28.5 Å². The second-order valence-corrected chi connectivity index (χ2v) is 10.8. The molecule has 0 saturated carbocycles. The minimum atomic E-state index is -0.244. The van der Waals surface area contributed by atoms with Crippen LogP contribution in [-0.2, 0) is 24.1 Å². The number of hydrogen-bond donors (Lipinski definition) is 1. The zero-order chi connectivity index (χ0) is 29.6. The number of amides is 2. The average Bonchev–Trinajstić information content (AvgIpc) is 3.62. The Labute approximate surface area is 250 Å².